The molecule has 0 saturated carbocycles. The number of fused-ring (bicyclic) bond motifs is 1. The van der Waals surface area contributed by atoms with Crippen molar-refractivity contribution in [3.8, 4) is 11.5 Å². The van der Waals surface area contributed by atoms with Gasteiger partial charge in [0, 0.05) is 0 Å². The first-order valence-corrected chi connectivity index (χ1v) is 14.5. The number of thiazole rings is 1. The number of benzene rings is 3. The molecule has 4 aromatic rings. The molecule has 10 heteroatoms. The molecule has 2 heterocycles. The molecule has 0 radical (unpaired) electrons. The molecular formula is C32H26Cl2N2O5S. The van der Waals surface area contributed by atoms with Crippen LogP contribution in [0.5, 0.6) is 11.5 Å². The number of methoxy groups -OCH3 is 1. The molecule has 1 aromatic heterocycles. The molecule has 0 amide bonds. The Bertz CT molecular complexity index is 1880. The number of carbonyl (C=O) groups is 1. The van der Waals surface area contributed by atoms with Crippen LogP contribution in [0.4, 0.5) is 0 Å². The summed E-state index contributed by atoms with van der Waals surface area (Å²) in [7, 11) is 1.53. The summed E-state index contributed by atoms with van der Waals surface area (Å²) in [5, 5.41) is 0.792. The van der Waals surface area contributed by atoms with Crippen molar-refractivity contribution < 1.29 is 19.0 Å². The van der Waals surface area contributed by atoms with Crippen molar-refractivity contribution in [1.82, 2.24) is 4.57 Å². The van der Waals surface area contributed by atoms with Gasteiger partial charge < -0.3 is 14.2 Å². The van der Waals surface area contributed by atoms with Crippen molar-refractivity contribution in [2.75, 3.05) is 13.7 Å². The smallest absolute Gasteiger partial charge is 0.338 e. The highest BCUT2D eigenvalue weighted by molar-refractivity contribution is 7.07. The standard InChI is InChI=1S/C32H26Cl2N2O5S/c1-4-14-40-25-13-11-22(17-26(25)39-3)29-28(31(38)41-18-20-8-6-5-7-9-20)19(2)35-32-36(29)30(37)27(42-32)16-21-10-12-23(33)24(34)15-21/h4-13,15-17,29H,1,14,18H2,2-3H3/b27-16-. The van der Waals surface area contributed by atoms with Gasteiger partial charge in [-0.15, -0.1) is 0 Å². The minimum absolute atomic E-state index is 0.0720. The third-order valence-corrected chi connectivity index (χ3v) is 8.28. The SMILES string of the molecule is C=CCOc1ccc(C2C(C(=O)OCc3ccccc3)=C(C)N=c3s/c(=C\c4ccc(Cl)c(Cl)c4)c(=O)n32)cc1OC. The van der Waals surface area contributed by atoms with Crippen molar-refractivity contribution in [2.45, 2.75) is 19.6 Å². The van der Waals surface area contributed by atoms with Crippen LogP contribution in [0.15, 0.2) is 100 Å². The molecule has 42 heavy (non-hydrogen) atoms. The molecule has 7 nitrogen and oxygen atoms in total. The number of hydrogen-bond acceptors (Lipinski definition) is 7. The number of halogens is 2. The summed E-state index contributed by atoms with van der Waals surface area (Å²) in [4.78, 5) is 32.7. The van der Waals surface area contributed by atoms with Crippen LogP contribution in [0, 0.1) is 0 Å². The van der Waals surface area contributed by atoms with Crippen LogP contribution in [-0.4, -0.2) is 24.3 Å². The topological polar surface area (TPSA) is 79.1 Å². The lowest BCUT2D eigenvalue weighted by Gasteiger charge is -2.25. The highest BCUT2D eigenvalue weighted by Gasteiger charge is 2.34. The van der Waals surface area contributed by atoms with Gasteiger partial charge in [0.25, 0.3) is 5.56 Å². The molecule has 5 rings (SSSR count). The van der Waals surface area contributed by atoms with Crippen molar-refractivity contribution in [3.63, 3.8) is 0 Å². The Morgan fingerprint density at radius 1 is 1.07 bits per heavy atom. The van der Waals surface area contributed by atoms with Gasteiger partial charge in [-0.3, -0.25) is 9.36 Å². The van der Waals surface area contributed by atoms with Crippen LogP contribution < -0.4 is 24.4 Å². The molecule has 1 atom stereocenters. The molecule has 3 aromatic carbocycles. The number of aromatic nitrogens is 1. The number of nitrogens with zero attached hydrogens (tertiary/aromatic N) is 2. The zero-order valence-corrected chi connectivity index (χ0v) is 25.1. The second-order valence-electron chi connectivity index (χ2n) is 9.33. The number of ether oxygens (including phenoxy) is 3. The fourth-order valence-electron chi connectivity index (χ4n) is 4.57. The molecule has 1 unspecified atom stereocenters. The third-order valence-electron chi connectivity index (χ3n) is 6.56. The molecule has 0 fully saturated rings. The lowest BCUT2D eigenvalue weighted by molar-refractivity contribution is -0.140. The van der Waals surface area contributed by atoms with Crippen molar-refractivity contribution in [1.29, 1.82) is 0 Å². The number of hydrogen-bond donors (Lipinski definition) is 0. The zero-order chi connectivity index (χ0) is 29.8. The fourth-order valence-corrected chi connectivity index (χ4v) is 5.93. The molecule has 0 spiro atoms. The first kappa shape index (κ1) is 29.4. The Labute approximate surface area is 256 Å². The maximum absolute atomic E-state index is 14.0. The van der Waals surface area contributed by atoms with Gasteiger partial charge in [0.15, 0.2) is 16.3 Å². The minimum atomic E-state index is -0.831. The normalized spacial score (nSPS) is 14.7. The summed E-state index contributed by atoms with van der Waals surface area (Å²) < 4.78 is 19.0. The predicted molar refractivity (Wildman–Crippen MR) is 165 cm³/mol. The molecule has 0 bridgehead atoms. The van der Waals surface area contributed by atoms with Crippen LogP contribution in [0.1, 0.15) is 29.7 Å². The molecule has 0 saturated heterocycles. The Hall–Kier alpha value is -4.11. The number of rotatable bonds is 9. The molecule has 1 aliphatic rings. The second-order valence-corrected chi connectivity index (χ2v) is 11.2. The average Bonchev–Trinajstić information content (AvgIpc) is 3.30. The molecule has 1 aliphatic heterocycles. The lowest BCUT2D eigenvalue weighted by atomic mass is 9.95. The summed E-state index contributed by atoms with van der Waals surface area (Å²) in [6, 6.07) is 19.0. The zero-order valence-electron chi connectivity index (χ0n) is 22.8. The molecule has 0 N–H and O–H groups in total. The first-order valence-electron chi connectivity index (χ1n) is 12.9. The van der Waals surface area contributed by atoms with Crippen LogP contribution in [0.25, 0.3) is 6.08 Å². The summed E-state index contributed by atoms with van der Waals surface area (Å²) >= 11 is 13.5. The van der Waals surface area contributed by atoms with Crippen molar-refractivity contribution in [3.05, 3.63) is 137 Å². The summed E-state index contributed by atoms with van der Waals surface area (Å²) in [5.41, 5.74) is 2.55. The largest absolute Gasteiger partial charge is 0.493 e. The number of allylic oxidation sites excluding steroid dienone is 1. The van der Waals surface area contributed by atoms with Crippen LogP contribution in [-0.2, 0) is 16.1 Å². The lowest BCUT2D eigenvalue weighted by Crippen LogP contribution is -2.39. The van der Waals surface area contributed by atoms with Gasteiger partial charge in [-0.25, -0.2) is 9.79 Å². The molecular weight excluding hydrogens is 595 g/mol. The summed E-state index contributed by atoms with van der Waals surface area (Å²) in [6.45, 7) is 5.78. The van der Waals surface area contributed by atoms with E-state index in [9.17, 15) is 9.59 Å². The Morgan fingerprint density at radius 3 is 2.57 bits per heavy atom. The minimum Gasteiger partial charge on any atom is -0.493 e. The van der Waals surface area contributed by atoms with E-state index in [2.05, 4.69) is 11.6 Å². The predicted octanol–water partition coefficient (Wildman–Crippen LogP) is 5.86. The van der Waals surface area contributed by atoms with E-state index in [0.29, 0.717) is 47.7 Å². The fraction of sp³-hybridized carbons (Fsp3) is 0.156. The van der Waals surface area contributed by atoms with E-state index in [1.807, 2.05) is 30.3 Å². The Morgan fingerprint density at radius 2 is 1.86 bits per heavy atom. The van der Waals surface area contributed by atoms with E-state index < -0.39 is 12.0 Å². The highest BCUT2D eigenvalue weighted by atomic mass is 35.5. The van der Waals surface area contributed by atoms with Crippen molar-refractivity contribution >= 4 is 46.6 Å². The maximum atomic E-state index is 14.0. The van der Waals surface area contributed by atoms with Gasteiger partial charge >= 0.3 is 5.97 Å². The van der Waals surface area contributed by atoms with Gasteiger partial charge in [0.2, 0.25) is 0 Å². The monoisotopic (exact) mass is 620 g/mol. The maximum Gasteiger partial charge on any atom is 0.338 e. The Kier molecular flexibility index (Phi) is 8.97. The third kappa shape index (κ3) is 6.06. The summed E-state index contributed by atoms with van der Waals surface area (Å²) in [5.74, 6) is 0.371. The van der Waals surface area contributed by atoms with Crippen molar-refractivity contribution in [2.24, 2.45) is 4.99 Å². The average molecular weight is 622 g/mol. The van der Waals surface area contributed by atoms with Crippen LogP contribution in [0.3, 0.4) is 0 Å². The highest BCUT2D eigenvalue weighted by Crippen LogP contribution is 2.36. The van der Waals surface area contributed by atoms with Gasteiger partial charge in [0.1, 0.15) is 13.2 Å². The van der Waals surface area contributed by atoms with Crippen LogP contribution >= 0.6 is 34.5 Å². The van der Waals surface area contributed by atoms with E-state index >= 15 is 0 Å². The van der Waals surface area contributed by atoms with Gasteiger partial charge in [-0.2, -0.15) is 0 Å². The van der Waals surface area contributed by atoms with E-state index in [1.54, 1.807) is 55.5 Å². The van der Waals surface area contributed by atoms with Gasteiger partial charge in [0.05, 0.1) is 39.0 Å². The molecule has 214 valence electrons. The number of esters is 1. The van der Waals surface area contributed by atoms with Crippen LogP contribution in [0.2, 0.25) is 10.0 Å². The van der Waals surface area contributed by atoms with E-state index in [1.165, 1.54) is 23.0 Å². The van der Waals surface area contributed by atoms with E-state index in [4.69, 9.17) is 37.4 Å². The van der Waals surface area contributed by atoms with Gasteiger partial charge in [-0.05, 0) is 54.0 Å². The van der Waals surface area contributed by atoms with E-state index in [0.717, 1.165) is 5.56 Å². The van der Waals surface area contributed by atoms with Gasteiger partial charge in [-0.1, -0.05) is 89.7 Å². The summed E-state index contributed by atoms with van der Waals surface area (Å²) in [6.07, 6.45) is 3.36. The Balaban J connectivity index is 1.64. The quantitative estimate of drug-likeness (QED) is 0.173. The first-order chi connectivity index (χ1) is 20.3. The number of carbonyl (C=O) groups excluding carboxylic acids is 1. The van der Waals surface area contributed by atoms with E-state index in [-0.39, 0.29) is 24.3 Å². The molecule has 0 aliphatic carbocycles. The second kappa shape index (κ2) is 12.8.